The third kappa shape index (κ3) is 3.68. The number of nitrogens with zero attached hydrogens (tertiary/aromatic N) is 3. The second kappa shape index (κ2) is 9.47. The lowest BCUT2D eigenvalue weighted by atomic mass is 9.82. The summed E-state index contributed by atoms with van der Waals surface area (Å²) >= 11 is 1.83. The van der Waals surface area contributed by atoms with Gasteiger partial charge in [-0.25, -0.2) is 4.98 Å². The van der Waals surface area contributed by atoms with Crippen LogP contribution in [0.4, 0.5) is 17.1 Å². The van der Waals surface area contributed by atoms with E-state index in [0.29, 0.717) is 0 Å². The molecular weight excluding hydrogens is 555 g/mol. The van der Waals surface area contributed by atoms with Gasteiger partial charge in [0, 0.05) is 32.1 Å². The van der Waals surface area contributed by atoms with Crippen LogP contribution in [-0.2, 0) is 5.41 Å². The van der Waals surface area contributed by atoms with Gasteiger partial charge < -0.3 is 4.90 Å². The molecule has 0 fully saturated rings. The standard InChI is InChI=1S/C40H29N3S/c1-40(2)31-15-7-6-14-29(31)30-22-21-28(25-32(30)40)43-34-17-9-8-16-33(34)41-39(43)26-20-23-36-38(24-26)44-37-19-11-10-18-35(37)42(36)27-12-4-3-5-13-27/h3-25H,1-2H3. The zero-order chi connectivity index (χ0) is 29.4. The molecule has 2 heterocycles. The van der Waals surface area contributed by atoms with Gasteiger partial charge in [0.15, 0.2) is 0 Å². The summed E-state index contributed by atoms with van der Waals surface area (Å²) in [4.78, 5) is 10.1. The van der Waals surface area contributed by atoms with Crippen LogP contribution >= 0.6 is 11.8 Å². The van der Waals surface area contributed by atoms with Gasteiger partial charge in [-0.05, 0) is 89.0 Å². The zero-order valence-electron chi connectivity index (χ0n) is 24.5. The summed E-state index contributed by atoms with van der Waals surface area (Å²) in [6.45, 7) is 4.68. The lowest BCUT2D eigenvalue weighted by Crippen LogP contribution is -2.15. The fourth-order valence-electron chi connectivity index (χ4n) is 7.06. The predicted octanol–water partition coefficient (Wildman–Crippen LogP) is 10.9. The average molecular weight is 584 g/mol. The number of imidazole rings is 1. The molecule has 0 N–H and O–H groups in total. The molecule has 0 saturated carbocycles. The highest BCUT2D eigenvalue weighted by molar-refractivity contribution is 7.99. The molecule has 0 bridgehead atoms. The van der Waals surface area contributed by atoms with Crippen molar-refractivity contribution in [3.8, 4) is 28.2 Å². The Hall–Kier alpha value is -5.06. The maximum absolute atomic E-state index is 5.24. The molecule has 210 valence electrons. The first-order chi connectivity index (χ1) is 21.6. The number of anilines is 3. The molecule has 1 aliphatic carbocycles. The van der Waals surface area contributed by atoms with Gasteiger partial charge in [-0.3, -0.25) is 4.57 Å². The number of benzene rings is 6. The van der Waals surface area contributed by atoms with Gasteiger partial charge in [-0.1, -0.05) is 98.4 Å². The molecule has 0 unspecified atom stereocenters. The van der Waals surface area contributed by atoms with E-state index in [4.69, 9.17) is 4.98 Å². The van der Waals surface area contributed by atoms with E-state index < -0.39 is 0 Å². The van der Waals surface area contributed by atoms with E-state index in [0.717, 1.165) is 33.8 Å². The van der Waals surface area contributed by atoms with Crippen molar-refractivity contribution in [2.24, 2.45) is 0 Å². The molecule has 44 heavy (non-hydrogen) atoms. The maximum atomic E-state index is 5.24. The van der Waals surface area contributed by atoms with Crippen molar-refractivity contribution in [1.29, 1.82) is 0 Å². The van der Waals surface area contributed by atoms with Crippen molar-refractivity contribution in [1.82, 2.24) is 9.55 Å². The third-order valence-electron chi connectivity index (χ3n) is 9.19. The summed E-state index contributed by atoms with van der Waals surface area (Å²) in [6.07, 6.45) is 0. The van der Waals surface area contributed by atoms with Gasteiger partial charge >= 0.3 is 0 Å². The Morgan fingerprint density at radius 1 is 0.568 bits per heavy atom. The van der Waals surface area contributed by atoms with E-state index in [1.807, 2.05) is 11.8 Å². The highest BCUT2D eigenvalue weighted by Crippen LogP contribution is 2.53. The molecular formula is C40H29N3S. The Labute approximate surface area is 261 Å². The minimum Gasteiger partial charge on any atom is -0.308 e. The Kier molecular flexibility index (Phi) is 5.47. The molecule has 1 aliphatic heterocycles. The van der Waals surface area contributed by atoms with Gasteiger partial charge in [0.1, 0.15) is 5.82 Å². The van der Waals surface area contributed by atoms with Gasteiger partial charge in [0.2, 0.25) is 0 Å². The zero-order valence-corrected chi connectivity index (χ0v) is 25.3. The minimum atomic E-state index is -0.0742. The van der Waals surface area contributed by atoms with Crippen LogP contribution in [0.25, 0.3) is 39.2 Å². The minimum absolute atomic E-state index is 0.0742. The molecule has 3 nitrogen and oxygen atoms in total. The normalized spacial score (nSPS) is 14.2. The summed E-state index contributed by atoms with van der Waals surface area (Å²) in [5.74, 6) is 0.952. The van der Waals surface area contributed by atoms with Crippen molar-refractivity contribution in [2.75, 3.05) is 4.90 Å². The Balaban J connectivity index is 1.22. The SMILES string of the molecule is CC1(C)c2ccccc2-c2ccc(-n3c(-c4ccc5c(c4)Sc4ccccc4N5c4ccccc4)nc4ccccc43)cc21. The molecule has 9 rings (SSSR count). The number of fused-ring (bicyclic) bond motifs is 6. The van der Waals surface area contributed by atoms with Crippen molar-refractivity contribution in [3.63, 3.8) is 0 Å². The second-order valence-corrected chi connectivity index (χ2v) is 13.2. The van der Waals surface area contributed by atoms with Crippen LogP contribution < -0.4 is 4.90 Å². The first-order valence-corrected chi connectivity index (χ1v) is 15.9. The molecule has 0 saturated heterocycles. The number of para-hydroxylation sites is 4. The molecule has 2 aliphatic rings. The summed E-state index contributed by atoms with van der Waals surface area (Å²) in [7, 11) is 0. The monoisotopic (exact) mass is 583 g/mol. The van der Waals surface area contributed by atoms with Crippen LogP contribution in [0.15, 0.2) is 149 Å². The van der Waals surface area contributed by atoms with E-state index >= 15 is 0 Å². The maximum Gasteiger partial charge on any atom is 0.145 e. The Bertz CT molecular complexity index is 2250. The quantitative estimate of drug-likeness (QED) is 0.206. The first-order valence-electron chi connectivity index (χ1n) is 15.1. The van der Waals surface area contributed by atoms with Crippen molar-refractivity contribution >= 4 is 39.9 Å². The van der Waals surface area contributed by atoms with Crippen LogP contribution in [0.5, 0.6) is 0 Å². The van der Waals surface area contributed by atoms with Crippen LogP contribution in [-0.4, -0.2) is 9.55 Å². The van der Waals surface area contributed by atoms with Crippen LogP contribution in [0.1, 0.15) is 25.0 Å². The van der Waals surface area contributed by atoms with E-state index in [1.165, 1.54) is 43.4 Å². The third-order valence-corrected chi connectivity index (χ3v) is 10.3. The molecule has 0 amide bonds. The molecule has 1 aromatic heterocycles. The summed E-state index contributed by atoms with van der Waals surface area (Å²) in [5.41, 5.74) is 13.2. The van der Waals surface area contributed by atoms with E-state index in [9.17, 15) is 0 Å². The van der Waals surface area contributed by atoms with E-state index in [1.54, 1.807) is 0 Å². The van der Waals surface area contributed by atoms with Gasteiger partial charge in [-0.2, -0.15) is 0 Å². The topological polar surface area (TPSA) is 21.1 Å². The lowest BCUT2D eigenvalue weighted by molar-refractivity contribution is 0.660. The van der Waals surface area contributed by atoms with Crippen LogP contribution in [0.2, 0.25) is 0 Å². The molecule has 0 atom stereocenters. The molecule has 4 heteroatoms. The van der Waals surface area contributed by atoms with Crippen molar-refractivity contribution in [2.45, 2.75) is 29.1 Å². The summed E-state index contributed by atoms with van der Waals surface area (Å²) in [5, 5.41) is 0. The predicted molar refractivity (Wildman–Crippen MR) is 183 cm³/mol. The number of rotatable bonds is 3. The molecule has 0 radical (unpaired) electrons. The Morgan fingerprint density at radius 2 is 1.30 bits per heavy atom. The smallest absolute Gasteiger partial charge is 0.145 e. The number of hydrogen-bond donors (Lipinski definition) is 0. The van der Waals surface area contributed by atoms with E-state index in [2.05, 4.69) is 163 Å². The van der Waals surface area contributed by atoms with E-state index in [-0.39, 0.29) is 5.41 Å². The van der Waals surface area contributed by atoms with Gasteiger partial charge in [0.25, 0.3) is 0 Å². The average Bonchev–Trinajstić information content (AvgIpc) is 3.56. The van der Waals surface area contributed by atoms with Gasteiger partial charge in [0.05, 0.1) is 22.4 Å². The molecule has 6 aromatic carbocycles. The first kappa shape index (κ1) is 25.4. The molecule has 0 spiro atoms. The largest absolute Gasteiger partial charge is 0.308 e. The van der Waals surface area contributed by atoms with Crippen molar-refractivity contribution < 1.29 is 0 Å². The van der Waals surface area contributed by atoms with Crippen molar-refractivity contribution in [3.05, 3.63) is 151 Å². The van der Waals surface area contributed by atoms with Crippen LogP contribution in [0.3, 0.4) is 0 Å². The summed E-state index contributed by atoms with van der Waals surface area (Å²) < 4.78 is 2.34. The molecule has 7 aromatic rings. The highest BCUT2D eigenvalue weighted by Gasteiger charge is 2.35. The lowest BCUT2D eigenvalue weighted by Gasteiger charge is -2.33. The summed E-state index contributed by atoms with van der Waals surface area (Å²) in [6, 6.07) is 50.3. The van der Waals surface area contributed by atoms with Crippen LogP contribution in [0, 0.1) is 0 Å². The second-order valence-electron chi connectivity index (χ2n) is 12.1. The fraction of sp³-hybridized carbons (Fsp3) is 0.0750. The number of aromatic nitrogens is 2. The Morgan fingerprint density at radius 3 is 2.20 bits per heavy atom. The fourth-order valence-corrected chi connectivity index (χ4v) is 8.16. The number of hydrogen-bond acceptors (Lipinski definition) is 3. The van der Waals surface area contributed by atoms with Gasteiger partial charge in [-0.15, -0.1) is 0 Å². The highest BCUT2D eigenvalue weighted by atomic mass is 32.2.